The van der Waals surface area contributed by atoms with Gasteiger partial charge in [0.25, 0.3) is 5.91 Å². The molecule has 5 nitrogen and oxygen atoms in total. The molecular formula is C22H31N3O2. The zero-order valence-corrected chi connectivity index (χ0v) is 16.9. The maximum absolute atomic E-state index is 12.9. The lowest BCUT2D eigenvalue weighted by molar-refractivity contribution is 0.0705. The minimum absolute atomic E-state index is 0.0692. The summed E-state index contributed by atoms with van der Waals surface area (Å²) in [6.07, 6.45) is 5.35. The second kappa shape index (κ2) is 10.6. The number of aryl methyl sites for hydroxylation is 1. The van der Waals surface area contributed by atoms with Gasteiger partial charge in [-0.15, -0.1) is 0 Å². The molecule has 0 saturated carbocycles. The third-order valence-electron chi connectivity index (χ3n) is 4.25. The highest BCUT2D eigenvalue weighted by atomic mass is 16.5. The van der Waals surface area contributed by atoms with Gasteiger partial charge in [-0.25, -0.2) is 0 Å². The molecule has 0 bridgehead atoms. The molecule has 0 spiro atoms. The maximum atomic E-state index is 12.9. The van der Waals surface area contributed by atoms with Crippen molar-refractivity contribution < 1.29 is 9.53 Å². The lowest BCUT2D eigenvalue weighted by atomic mass is 10.1. The topological polar surface area (TPSA) is 54.5 Å². The molecule has 1 aromatic carbocycles. The van der Waals surface area contributed by atoms with Gasteiger partial charge in [0, 0.05) is 42.8 Å². The van der Waals surface area contributed by atoms with E-state index < -0.39 is 0 Å². The number of pyridine rings is 1. The van der Waals surface area contributed by atoms with Crippen LogP contribution in [0.25, 0.3) is 0 Å². The van der Waals surface area contributed by atoms with E-state index in [9.17, 15) is 4.79 Å². The van der Waals surface area contributed by atoms with Crippen LogP contribution in [0.1, 0.15) is 49.5 Å². The Morgan fingerprint density at radius 3 is 2.63 bits per heavy atom. The number of amides is 1. The van der Waals surface area contributed by atoms with Gasteiger partial charge < -0.3 is 15.0 Å². The fraction of sp³-hybridized carbons (Fsp3) is 0.455. The largest absolute Gasteiger partial charge is 0.493 e. The number of hydrogen-bond acceptors (Lipinski definition) is 4. The quantitative estimate of drug-likeness (QED) is 0.625. The lowest BCUT2D eigenvalue weighted by Gasteiger charge is -2.26. The summed E-state index contributed by atoms with van der Waals surface area (Å²) in [5.41, 5.74) is 2.78. The maximum Gasteiger partial charge on any atom is 0.254 e. The second-order valence-electron chi connectivity index (χ2n) is 6.99. The second-order valence-corrected chi connectivity index (χ2v) is 6.99. The van der Waals surface area contributed by atoms with Gasteiger partial charge in [0.1, 0.15) is 5.75 Å². The van der Waals surface area contributed by atoms with Crippen LogP contribution in [0.4, 0.5) is 5.69 Å². The summed E-state index contributed by atoms with van der Waals surface area (Å²) in [7, 11) is 0. The molecule has 0 aliphatic rings. The fourth-order valence-corrected chi connectivity index (χ4v) is 2.92. The first kappa shape index (κ1) is 20.7. The van der Waals surface area contributed by atoms with E-state index in [1.807, 2.05) is 42.2 Å². The van der Waals surface area contributed by atoms with E-state index in [4.69, 9.17) is 4.74 Å². The Hall–Kier alpha value is -2.56. The molecule has 1 N–H and O–H groups in total. The van der Waals surface area contributed by atoms with Gasteiger partial charge in [0.15, 0.2) is 0 Å². The first-order valence-electron chi connectivity index (χ1n) is 9.70. The molecule has 0 aliphatic carbocycles. The number of benzene rings is 1. The molecule has 0 aliphatic heterocycles. The zero-order valence-electron chi connectivity index (χ0n) is 16.9. The Bertz CT molecular complexity index is 717. The van der Waals surface area contributed by atoms with Crippen molar-refractivity contribution in [3.8, 4) is 5.75 Å². The van der Waals surface area contributed by atoms with Crippen LogP contribution in [0.3, 0.4) is 0 Å². The smallest absolute Gasteiger partial charge is 0.254 e. The number of hydrogen-bond donors (Lipinski definition) is 1. The van der Waals surface area contributed by atoms with E-state index in [1.54, 1.807) is 12.4 Å². The van der Waals surface area contributed by atoms with E-state index in [0.29, 0.717) is 12.2 Å². The molecular weight excluding hydrogens is 338 g/mol. The van der Waals surface area contributed by atoms with Gasteiger partial charge in [0.05, 0.1) is 6.61 Å². The van der Waals surface area contributed by atoms with E-state index >= 15 is 0 Å². The Balaban J connectivity index is 1.91. The van der Waals surface area contributed by atoms with Crippen molar-refractivity contribution in [1.82, 2.24) is 9.88 Å². The van der Waals surface area contributed by atoms with Gasteiger partial charge in [-0.05, 0) is 69.5 Å². The Morgan fingerprint density at radius 1 is 1.22 bits per heavy atom. The zero-order chi connectivity index (χ0) is 19.6. The lowest BCUT2D eigenvalue weighted by Crippen LogP contribution is -2.37. The van der Waals surface area contributed by atoms with Crippen molar-refractivity contribution in [2.24, 2.45) is 0 Å². The summed E-state index contributed by atoms with van der Waals surface area (Å²) in [6.45, 7) is 10.4. The van der Waals surface area contributed by atoms with Crippen LogP contribution in [0, 0.1) is 6.92 Å². The number of anilines is 1. The minimum Gasteiger partial charge on any atom is -0.493 e. The predicted octanol–water partition coefficient (Wildman–Crippen LogP) is 4.53. The summed E-state index contributed by atoms with van der Waals surface area (Å²) in [5.74, 6) is 0.821. The van der Waals surface area contributed by atoms with E-state index in [0.717, 1.165) is 42.9 Å². The van der Waals surface area contributed by atoms with Crippen LogP contribution in [0.15, 0.2) is 42.7 Å². The molecule has 2 aromatic rings. The molecule has 146 valence electrons. The van der Waals surface area contributed by atoms with Gasteiger partial charge in [-0.3, -0.25) is 9.78 Å². The average Bonchev–Trinajstić information content (AvgIpc) is 2.65. The van der Waals surface area contributed by atoms with Gasteiger partial charge in [-0.1, -0.05) is 6.92 Å². The van der Waals surface area contributed by atoms with Gasteiger partial charge in [-0.2, -0.15) is 0 Å². The van der Waals surface area contributed by atoms with Crippen LogP contribution >= 0.6 is 0 Å². The van der Waals surface area contributed by atoms with Crippen LogP contribution < -0.4 is 10.1 Å². The molecule has 0 radical (unpaired) electrons. The molecule has 1 aromatic heterocycles. The third kappa shape index (κ3) is 6.59. The summed E-state index contributed by atoms with van der Waals surface area (Å²) < 4.78 is 5.89. The Labute approximate surface area is 162 Å². The van der Waals surface area contributed by atoms with Crippen LogP contribution in [0.5, 0.6) is 5.75 Å². The molecule has 0 fully saturated rings. The van der Waals surface area contributed by atoms with Crippen molar-refractivity contribution in [3.05, 3.63) is 53.9 Å². The Kier molecular flexibility index (Phi) is 8.11. The highest BCUT2D eigenvalue weighted by Crippen LogP contribution is 2.20. The number of ether oxygens (including phenoxy) is 1. The number of carbonyl (C=O) groups excluding carboxylic acids is 1. The number of nitrogens with one attached hydrogen (secondary N) is 1. The van der Waals surface area contributed by atoms with Crippen molar-refractivity contribution in [2.45, 2.75) is 46.6 Å². The van der Waals surface area contributed by atoms with Gasteiger partial charge >= 0.3 is 0 Å². The van der Waals surface area contributed by atoms with Gasteiger partial charge in [0.2, 0.25) is 0 Å². The highest BCUT2D eigenvalue weighted by Gasteiger charge is 2.18. The first-order chi connectivity index (χ1) is 13.0. The number of carbonyl (C=O) groups is 1. The van der Waals surface area contributed by atoms with E-state index in [1.165, 1.54) is 0 Å². The highest BCUT2D eigenvalue weighted by molar-refractivity contribution is 5.95. The third-order valence-corrected chi connectivity index (χ3v) is 4.25. The molecule has 1 heterocycles. The summed E-state index contributed by atoms with van der Waals surface area (Å²) in [5, 5.41) is 3.33. The number of nitrogens with zero attached hydrogens (tertiary/aromatic N) is 2. The summed E-state index contributed by atoms with van der Waals surface area (Å²) in [4.78, 5) is 18.8. The molecule has 2 rings (SSSR count). The fourth-order valence-electron chi connectivity index (χ4n) is 2.92. The minimum atomic E-state index is 0.0692. The first-order valence-corrected chi connectivity index (χ1v) is 9.70. The normalized spacial score (nSPS) is 10.7. The predicted molar refractivity (Wildman–Crippen MR) is 110 cm³/mol. The molecule has 0 saturated heterocycles. The van der Waals surface area contributed by atoms with Crippen LogP contribution in [-0.2, 0) is 0 Å². The molecule has 5 heteroatoms. The van der Waals surface area contributed by atoms with Crippen molar-refractivity contribution in [3.63, 3.8) is 0 Å². The van der Waals surface area contributed by atoms with E-state index in [-0.39, 0.29) is 11.9 Å². The monoisotopic (exact) mass is 369 g/mol. The summed E-state index contributed by atoms with van der Waals surface area (Å²) in [6, 6.07) is 9.84. The van der Waals surface area contributed by atoms with Crippen LogP contribution in [0.2, 0.25) is 0 Å². The Morgan fingerprint density at radius 2 is 1.96 bits per heavy atom. The molecule has 0 atom stereocenters. The summed E-state index contributed by atoms with van der Waals surface area (Å²) >= 11 is 0. The molecule has 0 unspecified atom stereocenters. The number of aromatic nitrogens is 1. The van der Waals surface area contributed by atoms with Crippen molar-refractivity contribution >= 4 is 11.6 Å². The standard InChI is InChI=1S/C22H31N3O2/c1-5-12-25(17(2)3)22(26)19-14-18(4)15-21(16-19)27-13-6-9-24-20-7-10-23-11-8-20/h7-8,10-11,14-17H,5-6,9,12-13H2,1-4H3,(H,23,24). The van der Waals surface area contributed by atoms with Crippen LogP contribution in [-0.4, -0.2) is 41.5 Å². The van der Waals surface area contributed by atoms with Crippen molar-refractivity contribution in [1.29, 1.82) is 0 Å². The molecule has 1 amide bonds. The molecule has 27 heavy (non-hydrogen) atoms. The number of rotatable bonds is 10. The van der Waals surface area contributed by atoms with Crippen molar-refractivity contribution in [2.75, 3.05) is 25.0 Å². The SMILES string of the molecule is CCCN(C(=O)c1cc(C)cc(OCCCNc2ccncc2)c1)C(C)C. The van der Waals surface area contributed by atoms with E-state index in [2.05, 4.69) is 31.1 Å². The average molecular weight is 370 g/mol.